The number of ketones is 1. The van der Waals surface area contributed by atoms with Gasteiger partial charge in [0, 0.05) is 24.6 Å². The van der Waals surface area contributed by atoms with Crippen LogP contribution >= 0.6 is 0 Å². The Balaban J connectivity index is 2.00. The summed E-state index contributed by atoms with van der Waals surface area (Å²) in [7, 11) is 0. The van der Waals surface area contributed by atoms with Crippen molar-refractivity contribution >= 4 is 17.4 Å². The number of hydrogen-bond acceptors (Lipinski definition) is 4. The third-order valence-electron chi connectivity index (χ3n) is 5.31. The van der Waals surface area contributed by atoms with E-state index < -0.39 is 11.9 Å². The standard InChI is InChI=1S/C23H20N2O3/c1-2-25-18-10-6-9-17(23(27)28)20(18)22(26)19(15-7-4-3-5-8-15)21(25)16-11-13-24-14-12-16/h3-14,19,21H,2H2,1H3,(H,27,28). The average Bonchev–Trinajstić information content (AvgIpc) is 2.74. The van der Waals surface area contributed by atoms with Crippen molar-refractivity contribution in [3.63, 3.8) is 0 Å². The number of hydrogen-bond donors (Lipinski definition) is 1. The van der Waals surface area contributed by atoms with Gasteiger partial charge in [0.05, 0.1) is 23.1 Å². The third kappa shape index (κ3) is 2.85. The van der Waals surface area contributed by atoms with Crippen LogP contribution in [0.25, 0.3) is 0 Å². The first kappa shape index (κ1) is 17.9. The van der Waals surface area contributed by atoms with Gasteiger partial charge in [0.15, 0.2) is 5.78 Å². The summed E-state index contributed by atoms with van der Waals surface area (Å²) in [5.74, 6) is -1.75. The number of likely N-dealkylation sites (N-methyl/N-ethyl adjacent to an activating group) is 1. The van der Waals surface area contributed by atoms with Crippen molar-refractivity contribution in [1.29, 1.82) is 0 Å². The lowest BCUT2D eigenvalue weighted by Crippen LogP contribution is -2.42. The molecule has 140 valence electrons. The van der Waals surface area contributed by atoms with Crippen LogP contribution in [0.2, 0.25) is 0 Å². The molecule has 0 amide bonds. The molecule has 4 rings (SSSR count). The molecule has 0 radical (unpaired) electrons. The number of rotatable bonds is 4. The summed E-state index contributed by atoms with van der Waals surface area (Å²) in [6, 6.07) is 18.2. The quantitative estimate of drug-likeness (QED) is 0.738. The zero-order chi connectivity index (χ0) is 19.7. The number of nitrogens with zero attached hydrogens (tertiary/aromatic N) is 2. The van der Waals surface area contributed by atoms with Crippen molar-refractivity contribution in [2.45, 2.75) is 18.9 Å². The van der Waals surface area contributed by atoms with E-state index in [1.54, 1.807) is 18.5 Å². The fraction of sp³-hybridized carbons (Fsp3) is 0.174. The van der Waals surface area contributed by atoms with Crippen molar-refractivity contribution in [1.82, 2.24) is 4.98 Å². The van der Waals surface area contributed by atoms with Crippen LogP contribution < -0.4 is 4.90 Å². The zero-order valence-electron chi connectivity index (χ0n) is 15.4. The number of pyridine rings is 1. The SMILES string of the molecule is CCN1c2cccc(C(=O)O)c2C(=O)C(c2ccccc2)C1c1ccncc1. The van der Waals surface area contributed by atoms with Crippen LogP contribution in [-0.2, 0) is 0 Å². The van der Waals surface area contributed by atoms with Crippen LogP contribution in [0.4, 0.5) is 5.69 Å². The van der Waals surface area contributed by atoms with Gasteiger partial charge >= 0.3 is 5.97 Å². The predicted molar refractivity (Wildman–Crippen MR) is 107 cm³/mol. The van der Waals surface area contributed by atoms with Crippen LogP contribution in [-0.4, -0.2) is 28.4 Å². The smallest absolute Gasteiger partial charge is 0.336 e. The molecule has 0 saturated heterocycles. The number of carbonyl (C=O) groups is 2. The van der Waals surface area contributed by atoms with Gasteiger partial charge < -0.3 is 10.0 Å². The number of carboxylic acid groups (broad SMARTS) is 1. The molecule has 2 unspecified atom stereocenters. The van der Waals surface area contributed by atoms with Crippen LogP contribution in [0, 0.1) is 0 Å². The number of aromatic nitrogens is 1. The Morgan fingerprint density at radius 2 is 1.71 bits per heavy atom. The summed E-state index contributed by atoms with van der Waals surface area (Å²) in [5.41, 5.74) is 2.86. The second kappa shape index (κ2) is 7.27. The van der Waals surface area contributed by atoms with Gasteiger partial charge in [-0.3, -0.25) is 9.78 Å². The molecule has 5 heteroatoms. The van der Waals surface area contributed by atoms with Crippen LogP contribution in [0.15, 0.2) is 73.1 Å². The number of aromatic carboxylic acids is 1. The Morgan fingerprint density at radius 1 is 1.00 bits per heavy atom. The second-order valence-corrected chi connectivity index (χ2v) is 6.77. The molecular weight excluding hydrogens is 352 g/mol. The number of benzene rings is 2. The number of Topliss-reactive ketones (excluding diaryl/α,β-unsaturated/α-hetero) is 1. The summed E-state index contributed by atoms with van der Waals surface area (Å²) in [6.07, 6.45) is 3.44. The summed E-state index contributed by atoms with van der Waals surface area (Å²) >= 11 is 0. The molecule has 0 saturated carbocycles. The molecule has 0 aliphatic carbocycles. The van der Waals surface area contributed by atoms with E-state index in [4.69, 9.17) is 0 Å². The molecule has 2 atom stereocenters. The van der Waals surface area contributed by atoms with Gasteiger partial charge in [-0.25, -0.2) is 4.79 Å². The Bertz CT molecular complexity index is 1020. The predicted octanol–water partition coefficient (Wildman–Crippen LogP) is 4.33. The number of carbonyl (C=O) groups excluding carboxylic acids is 1. The highest BCUT2D eigenvalue weighted by Crippen LogP contribution is 2.47. The van der Waals surface area contributed by atoms with Crippen molar-refractivity contribution in [3.05, 3.63) is 95.3 Å². The minimum Gasteiger partial charge on any atom is -0.478 e. The molecule has 0 spiro atoms. The molecule has 0 fully saturated rings. The molecule has 5 nitrogen and oxygen atoms in total. The maximum Gasteiger partial charge on any atom is 0.336 e. The average molecular weight is 372 g/mol. The molecule has 0 bridgehead atoms. The fourth-order valence-electron chi connectivity index (χ4n) is 4.14. The molecule has 1 aliphatic heterocycles. The lowest BCUT2D eigenvalue weighted by molar-refractivity contribution is 0.0690. The minimum absolute atomic E-state index is 0.0510. The van der Waals surface area contributed by atoms with E-state index in [1.807, 2.05) is 55.5 Å². The summed E-state index contributed by atoms with van der Waals surface area (Å²) in [4.78, 5) is 31.7. The monoisotopic (exact) mass is 372 g/mol. The first-order chi connectivity index (χ1) is 13.6. The van der Waals surface area contributed by atoms with Crippen molar-refractivity contribution in [2.75, 3.05) is 11.4 Å². The Hall–Kier alpha value is -3.47. The van der Waals surface area contributed by atoms with Gasteiger partial charge in [0.1, 0.15) is 0 Å². The van der Waals surface area contributed by atoms with E-state index in [0.29, 0.717) is 12.2 Å². The summed E-state index contributed by atoms with van der Waals surface area (Å²) in [6.45, 7) is 2.66. The number of anilines is 1. The first-order valence-corrected chi connectivity index (χ1v) is 9.25. The molecule has 28 heavy (non-hydrogen) atoms. The van der Waals surface area contributed by atoms with Gasteiger partial charge in [-0.05, 0) is 42.3 Å². The number of fused-ring (bicyclic) bond motifs is 1. The normalized spacial score (nSPS) is 18.6. The number of carboxylic acids is 1. The third-order valence-corrected chi connectivity index (χ3v) is 5.31. The zero-order valence-corrected chi connectivity index (χ0v) is 15.4. The fourth-order valence-corrected chi connectivity index (χ4v) is 4.14. The highest BCUT2D eigenvalue weighted by Gasteiger charge is 2.43. The van der Waals surface area contributed by atoms with Gasteiger partial charge in [-0.2, -0.15) is 0 Å². The minimum atomic E-state index is -1.09. The first-order valence-electron chi connectivity index (χ1n) is 9.25. The second-order valence-electron chi connectivity index (χ2n) is 6.77. The molecule has 2 aromatic carbocycles. The van der Waals surface area contributed by atoms with Gasteiger partial charge in [0.25, 0.3) is 0 Å². The topological polar surface area (TPSA) is 70.5 Å². The van der Waals surface area contributed by atoms with Crippen molar-refractivity contribution in [3.8, 4) is 0 Å². The van der Waals surface area contributed by atoms with E-state index in [9.17, 15) is 14.7 Å². The lowest BCUT2D eigenvalue weighted by atomic mass is 9.76. The van der Waals surface area contributed by atoms with Gasteiger partial charge in [-0.15, -0.1) is 0 Å². The van der Waals surface area contributed by atoms with E-state index in [2.05, 4.69) is 9.88 Å². The van der Waals surface area contributed by atoms with Gasteiger partial charge in [-0.1, -0.05) is 36.4 Å². The molecule has 1 aliphatic rings. The Morgan fingerprint density at radius 3 is 2.36 bits per heavy atom. The molecule has 2 heterocycles. The van der Waals surface area contributed by atoms with Gasteiger partial charge in [0.2, 0.25) is 0 Å². The van der Waals surface area contributed by atoms with E-state index in [0.717, 1.165) is 11.1 Å². The largest absolute Gasteiger partial charge is 0.478 e. The highest BCUT2D eigenvalue weighted by atomic mass is 16.4. The highest BCUT2D eigenvalue weighted by molar-refractivity contribution is 6.14. The summed E-state index contributed by atoms with van der Waals surface area (Å²) < 4.78 is 0. The van der Waals surface area contributed by atoms with Crippen molar-refractivity contribution in [2.24, 2.45) is 0 Å². The van der Waals surface area contributed by atoms with Crippen LogP contribution in [0.1, 0.15) is 50.7 Å². The van der Waals surface area contributed by atoms with Crippen molar-refractivity contribution < 1.29 is 14.7 Å². The van der Waals surface area contributed by atoms with Crippen LogP contribution in [0.3, 0.4) is 0 Å². The molecule has 3 aromatic rings. The molecule has 1 aromatic heterocycles. The van der Waals surface area contributed by atoms with Crippen LogP contribution in [0.5, 0.6) is 0 Å². The maximum absolute atomic E-state index is 13.7. The Kier molecular flexibility index (Phi) is 4.65. The molecule has 1 N–H and O–H groups in total. The lowest BCUT2D eigenvalue weighted by Gasteiger charge is -2.43. The van der Waals surface area contributed by atoms with E-state index in [1.165, 1.54) is 6.07 Å². The van der Waals surface area contributed by atoms with E-state index in [-0.39, 0.29) is 23.0 Å². The molecular formula is C23H20N2O3. The van der Waals surface area contributed by atoms with E-state index >= 15 is 0 Å². The summed E-state index contributed by atoms with van der Waals surface area (Å²) in [5, 5.41) is 9.68. The Labute approximate surface area is 163 Å². The maximum atomic E-state index is 13.7.